The van der Waals surface area contributed by atoms with E-state index in [9.17, 15) is 4.79 Å². The van der Waals surface area contributed by atoms with Crippen molar-refractivity contribution >= 4 is 21.6 Å². The number of hydrogen-bond donors (Lipinski definition) is 0. The lowest BCUT2D eigenvalue weighted by molar-refractivity contribution is 0.548. The summed E-state index contributed by atoms with van der Waals surface area (Å²) in [7, 11) is 0. The lowest BCUT2D eigenvalue weighted by Gasteiger charge is -2.10. The summed E-state index contributed by atoms with van der Waals surface area (Å²) < 4.78 is 4.23. The van der Waals surface area contributed by atoms with Gasteiger partial charge in [-0.25, -0.2) is 4.98 Å². The molecule has 0 aromatic carbocycles. The molecule has 0 radical (unpaired) electrons. The van der Waals surface area contributed by atoms with Gasteiger partial charge in [0.15, 0.2) is 5.82 Å². The Labute approximate surface area is 119 Å². The van der Waals surface area contributed by atoms with Crippen molar-refractivity contribution in [3.8, 4) is 0 Å². The third kappa shape index (κ3) is 2.03. The van der Waals surface area contributed by atoms with E-state index >= 15 is 0 Å². The zero-order chi connectivity index (χ0) is 14.3. The standard InChI is InChI=1S/C13H15N5OS/c1-8(2)18-7-15-16-10(18)4-17-6-14-11-9(3)5-20-12(11)13(17)19/h5-8H,4H2,1-3H3. The number of aromatic nitrogens is 5. The van der Waals surface area contributed by atoms with E-state index < -0.39 is 0 Å². The Morgan fingerprint density at radius 3 is 2.90 bits per heavy atom. The molecule has 0 aliphatic carbocycles. The van der Waals surface area contributed by atoms with E-state index in [1.54, 1.807) is 17.2 Å². The monoisotopic (exact) mass is 289 g/mol. The molecule has 0 bridgehead atoms. The Morgan fingerprint density at radius 1 is 1.35 bits per heavy atom. The molecule has 0 spiro atoms. The van der Waals surface area contributed by atoms with Gasteiger partial charge >= 0.3 is 0 Å². The first-order valence-electron chi connectivity index (χ1n) is 6.39. The highest BCUT2D eigenvalue weighted by Crippen LogP contribution is 2.19. The quantitative estimate of drug-likeness (QED) is 0.739. The maximum absolute atomic E-state index is 12.4. The van der Waals surface area contributed by atoms with Crippen molar-refractivity contribution < 1.29 is 0 Å². The summed E-state index contributed by atoms with van der Waals surface area (Å²) in [5.41, 5.74) is 1.81. The highest BCUT2D eigenvalue weighted by atomic mass is 32.1. The summed E-state index contributed by atoms with van der Waals surface area (Å²) in [6.07, 6.45) is 3.27. The van der Waals surface area contributed by atoms with Crippen LogP contribution in [-0.4, -0.2) is 24.3 Å². The zero-order valence-electron chi connectivity index (χ0n) is 11.6. The van der Waals surface area contributed by atoms with E-state index in [1.807, 2.05) is 16.9 Å². The molecule has 104 valence electrons. The van der Waals surface area contributed by atoms with Gasteiger partial charge in [0.2, 0.25) is 0 Å². The first-order chi connectivity index (χ1) is 9.58. The third-order valence-electron chi connectivity index (χ3n) is 3.24. The molecule has 0 amide bonds. The van der Waals surface area contributed by atoms with Crippen molar-refractivity contribution in [2.45, 2.75) is 33.4 Å². The lowest BCUT2D eigenvalue weighted by Crippen LogP contribution is -2.22. The molecule has 3 aromatic rings. The van der Waals surface area contributed by atoms with Gasteiger partial charge in [0.05, 0.1) is 18.4 Å². The molecular formula is C13H15N5OS. The number of fused-ring (bicyclic) bond motifs is 1. The lowest BCUT2D eigenvalue weighted by atomic mass is 10.3. The second kappa shape index (κ2) is 4.82. The molecule has 0 atom stereocenters. The normalized spacial score (nSPS) is 11.6. The topological polar surface area (TPSA) is 65.6 Å². The van der Waals surface area contributed by atoms with Crippen LogP contribution in [0.25, 0.3) is 10.2 Å². The van der Waals surface area contributed by atoms with Crippen LogP contribution in [0, 0.1) is 6.92 Å². The van der Waals surface area contributed by atoms with Gasteiger partial charge in [0, 0.05) is 6.04 Å². The molecule has 6 nitrogen and oxygen atoms in total. The molecule has 7 heteroatoms. The Kier molecular flexibility index (Phi) is 3.13. The van der Waals surface area contributed by atoms with E-state index in [2.05, 4.69) is 29.0 Å². The highest BCUT2D eigenvalue weighted by molar-refractivity contribution is 7.17. The van der Waals surface area contributed by atoms with Crippen LogP contribution in [0.3, 0.4) is 0 Å². The highest BCUT2D eigenvalue weighted by Gasteiger charge is 2.12. The zero-order valence-corrected chi connectivity index (χ0v) is 12.4. The first kappa shape index (κ1) is 13.0. The van der Waals surface area contributed by atoms with Crippen LogP contribution in [0.5, 0.6) is 0 Å². The van der Waals surface area contributed by atoms with E-state index in [4.69, 9.17) is 0 Å². The fourth-order valence-corrected chi connectivity index (χ4v) is 3.09. The van der Waals surface area contributed by atoms with Gasteiger partial charge in [-0.15, -0.1) is 21.5 Å². The van der Waals surface area contributed by atoms with E-state index in [0.717, 1.165) is 16.9 Å². The smallest absolute Gasteiger partial charge is 0.271 e. The van der Waals surface area contributed by atoms with Crippen LogP contribution >= 0.6 is 11.3 Å². The van der Waals surface area contributed by atoms with Gasteiger partial charge in [-0.2, -0.15) is 0 Å². The van der Waals surface area contributed by atoms with Crippen LogP contribution in [0.4, 0.5) is 0 Å². The molecule has 3 aromatic heterocycles. The minimum Gasteiger partial charge on any atom is -0.314 e. The molecule has 0 saturated carbocycles. The van der Waals surface area contributed by atoms with Gasteiger partial charge in [0.25, 0.3) is 5.56 Å². The Bertz CT molecular complexity index is 814. The van der Waals surface area contributed by atoms with Crippen LogP contribution < -0.4 is 5.56 Å². The average Bonchev–Trinajstić information content (AvgIpc) is 3.00. The predicted octanol–water partition coefficient (Wildman–Crippen LogP) is 1.99. The molecule has 0 N–H and O–H groups in total. The number of nitrogens with zero attached hydrogens (tertiary/aromatic N) is 5. The molecule has 0 fully saturated rings. The van der Waals surface area contributed by atoms with Gasteiger partial charge in [-0.05, 0) is 31.7 Å². The van der Waals surface area contributed by atoms with Crippen LogP contribution in [0.2, 0.25) is 0 Å². The van der Waals surface area contributed by atoms with Crippen molar-refractivity contribution in [1.29, 1.82) is 0 Å². The summed E-state index contributed by atoms with van der Waals surface area (Å²) in [4.78, 5) is 16.8. The molecular weight excluding hydrogens is 274 g/mol. The van der Waals surface area contributed by atoms with Crippen molar-refractivity contribution in [2.24, 2.45) is 0 Å². The predicted molar refractivity (Wildman–Crippen MR) is 78.1 cm³/mol. The largest absolute Gasteiger partial charge is 0.314 e. The Hall–Kier alpha value is -2.02. The maximum Gasteiger partial charge on any atom is 0.271 e. The number of aryl methyl sites for hydroxylation is 1. The summed E-state index contributed by atoms with van der Waals surface area (Å²) in [5.74, 6) is 0.761. The third-order valence-corrected chi connectivity index (χ3v) is 4.31. The Balaban J connectivity index is 2.05. The summed E-state index contributed by atoms with van der Waals surface area (Å²) >= 11 is 1.44. The minimum atomic E-state index is -0.0218. The van der Waals surface area contributed by atoms with Gasteiger partial charge in [-0.3, -0.25) is 9.36 Å². The van der Waals surface area contributed by atoms with Crippen molar-refractivity contribution in [1.82, 2.24) is 24.3 Å². The molecule has 0 unspecified atom stereocenters. The molecule has 3 heterocycles. The average molecular weight is 289 g/mol. The van der Waals surface area contributed by atoms with Crippen LogP contribution in [0.15, 0.2) is 22.8 Å². The second-order valence-electron chi connectivity index (χ2n) is 5.02. The molecule has 0 aliphatic heterocycles. The molecule has 0 aliphatic rings. The van der Waals surface area contributed by atoms with Crippen molar-refractivity contribution in [3.63, 3.8) is 0 Å². The summed E-state index contributed by atoms with van der Waals surface area (Å²) in [6.45, 7) is 6.46. The molecule has 3 rings (SSSR count). The molecule has 0 saturated heterocycles. The molecule has 20 heavy (non-hydrogen) atoms. The number of hydrogen-bond acceptors (Lipinski definition) is 5. The second-order valence-corrected chi connectivity index (χ2v) is 5.90. The van der Waals surface area contributed by atoms with Gasteiger partial charge in [0.1, 0.15) is 11.0 Å². The van der Waals surface area contributed by atoms with Crippen LogP contribution in [0.1, 0.15) is 31.3 Å². The van der Waals surface area contributed by atoms with Crippen molar-refractivity contribution in [2.75, 3.05) is 0 Å². The number of rotatable bonds is 3. The van der Waals surface area contributed by atoms with E-state index in [-0.39, 0.29) is 11.6 Å². The first-order valence-corrected chi connectivity index (χ1v) is 7.27. The Morgan fingerprint density at radius 2 is 2.15 bits per heavy atom. The summed E-state index contributed by atoms with van der Waals surface area (Å²) in [5, 5.41) is 9.96. The SMILES string of the molecule is Cc1csc2c(=O)n(Cc3nncn3C(C)C)cnc12. The fraction of sp³-hybridized carbons (Fsp3) is 0.385. The fourth-order valence-electron chi connectivity index (χ4n) is 2.14. The van der Waals surface area contributed by atoms with E-state index in [1.165, 1.54) is 11.3 Å². The maximum atomic E-state index is 12.4. The van der Waals surface area contributed by atoms with Gasteiger partial charge in [-0.1, -0.05) is 0 Å². The van der Waals surface area contributed by atoms with E-state index in [0.29, 0.717) is 11.2 Å². The number of thiophene rings is 1. The van der Waals surface area contributed by atoms with Crippen molar-refractivity contribution in [3.05, 3.63) is 39.8 Å². The minimum absolute atomic E-state index is 0.0218. The van der Waals surface area contributed by atoms with Gasteiger partial charge < -0.3 is 4.57 Å². The summed E-state index contributed by atoms with van der Waals surface area (Å²) in [6, 6.07) is 0.261. The van der Waals surface area contributed by atoms with Crippen LogP contribution in [-0.2, 0) is 6.54 Å².